The van der Waals surface area contributed by atoms with Gasteiger partial charge in [-0.3, -0.25) is 0 Å². The van der Waals surface area contributed by atoms with Gasteiger partial charge in [0, 0.05) is 0 Å². The second kappa shape index (κ2) is 6.70. The van der Waals surface area contributed by atoms with Gasteiger partial charge in [0.05, 0.1) is 11.8 Å². The largest absolute Gasteiger partial charge is 0.473 e. The Morgan fingerprint density at radius 3 is 2.47 bits per heavy atom. The van der Waals surface area contributed by atoms with Crippen LogP contribution >= 0.6 is 0 Å². The fraction of sp³-hybridized carbons (Fsp3) is 0.308. The van der Waals surface area contributed by atoms with E-state index in [9.17, 15) is 4.79 Å². The Labute approximate surface area is 101 Å². The molecule has 0 spiro atoms. The maximum Gasteiger partial charge on any atom is 0.340 e. The molecule has 4 nitrogen and oxygen atoms in total. The van der Waals surface area contributed by atoms with Crippen molar-refractivity contribution >= 4 is 5.97 Å². The van der Waals surface area contributed by atoms with Crippen molar-refractivity contribution in [1.29, 1.82) is 0 Å². The molecule has 2 atom stereocenters. The van der Waals surface area contributed by atoms with E-state index in [0.717, 1.165) is 0 Å². The molecule has 0 aliphatic rings. The van der Waals surface area contributed by atoms with Crippen LogP contribution in [0.1, 0.15) is 24.2 Å². The number of hydrogen-bond donors (Lipinski definition) is 0. The predicted octanol–water partition coefficient (Wildman–Crippen LogP) is 2.71. The molecule has 0 fully saturated rings. The Kier molecular flexibility index (Phi) is 5.23. The minimum Gasteiger partial charge on any atom is -0.473 e. The van der Waals surface area contributed by atoms with Crippen LogP contribution < -0.4 is 0 Å². The molecule has 0 aromatic heterocycles. The van der Waals surface area contributed by atoms with E-state index in [1.807, 2.05) is 6.07 Å². The van der Waals surface area contributed by atoms with Crippen molar-refractivity contribution in [2.45, 2.75) is 26.4 Å². The first-order valence-electron chi connectivity index (χ1n) is 5.31. The molecule has 0 heterocycles. The first kappa shape index (κ1) is 13.3. The van der Waals surface area contributed by atoms with E-state index in [2.05, 4.69) is 6.58 Å². The molecule has 2 unspecified atom stereocenters. The van der Waals surface area contributed by atoms with Crippen LogP contribution in [-0.2, 0) is 14.2 Å². The zero-order valence-corrected chi connectivity index (χ0v) is 9.96. The average Bonchev–Trinajstić information content (AvgIpc) is 2.30. The van der Waals surface area contributed by atoms with E-state index < -0.39 is 18.5 Å². The topological polar surface area (TPSA) is 44.8 Å². The lowest BCUT2D eigenvalue weighted by molar-refractivity contribution is -0.194. The Bertz CT molecular complexity index is 361. The summed E-state index contributed by atoms with van der Waals surface area (Å²) in [6, 6.07) is 8.73. The highest BCUT2D eigenvalue weighted by Crippen LogP contribution is 2.07. The zero-order valence-electron chi connectivity index (χ0n) is 9.96. The second-order valence-electron chi connectivity index (χ2n) is 3.35. The molecule has 0 bridgehead atoms. The van der Waals surface area contributed by atoms with E-state index in [1.165, 1.54) is 6.26 Å². The third kappa shape index (κ3) is 4.70. The van der Waals surface area contributed by atoms with Crippen LogP contribution in [0.4, 0.5) is 0 Å². The summed E-state index contributed by atoms with van der Waals surface area (Å²) in [5, 5.41) is 0. The summed E-state index contributed by atoms with van der Waals surface area (Å²) in [6.07, 6.45) is 0.0832. The fourth-order valence-electron chi connectivity index (χ4n) is 1.26. The number of carbonyl (C=O) groups excluding carboxylic acids is 1. The highest BCUT2D eigenvalue weighted by Gasteiger charge is 2.14. The predicted molar refractivity (Wildman–Crippen MR) is 63.1 cm³/mol. The van der Waals surface area contributed by atoms with E-state index in [0.29, 0.717) is 5.56 Å². The van der Waals surface area contributed by atoms with Crippen molar-refractivity contribution in [2.75, 3.05) is 0 Å². The van der Waals surface area contributed by atoms with Gasteiger partial charge in [0.2, 0.25) is 6.29 Å². The van der Waals surface area contributed by atoms with Crippen LogP contribution in [0.25, 0.3) is 0 Å². The van der Waals surface area contributed by atoms with Crippen LogP contribution in [-0.4, -0.2) is 18.5 Å². The molecular formula is C13H16O4. The minimum absolute atomic E-state index is 0.427. The summed E-state index contributed by atoms with van der Waals surface area (Å²) in [7, 11) is 0. The molecule has 17 heavy (non-hydrogen) atoms. The molecule has 0 saturated carbocycles. The van der Waals surface area contributed by atoms with Gasteiger partial charge in [-0.2, -0.15) is 0 Å². The molecule has 0 aliphatic heterocycles. The Morgan fingerprint density at radius 2 is 1.88 bits per heavy atom. The highest BCUT2D eigenvalue weighted by molar-refractivity contribution is 5.89. The van der Waals surface area contributed by atoms with Gasteiger partial charge >= 0.3 is 5.97 Å². The molecule has 0 aliphatic carbocycles. The van der Waals surface area contributed by atoms with Crippen molar-refractivity contribution in [2.24, 2.45) is 0 Å². The van der Waals surface area contributed by atoms with Gasteiger partial charge in [-0.05, 0) is 26.0 Å². The van der Waals surface area contributed by atoms with Crippen LogP contribution in [0.3, 0.4) is 0 Å². The van der Waals surface area contributed by atoms with Gasteiger partial charge < -0.3 is 14.2 Å². The number of esters is 1. The quantitative estimate of drug-likeness (QED) is 0.433. The average molecular weight is 236 g/mol. The molecule has 4 heteroatoms. The van der Waals surface area contributed by atoms with Gasteiger partial charge in [0.1, 0.15) is 0 Å². The zero-order chi connectivity index (χ0) is 12.7. The lowest BCUT2D eigenvalue weighted by Crippen LogP contribution is -2.23. The number of benzene rings is 1. The summed E-state index contributed by atoms with van der Waals surface area (Å²) in [6.45, 7) is 6.72. The van der Waals surface area contributed by atoms with Gasteiger partial charge in [0.15, 0.2) is 6.29 Å². The van der Waals surface area contributed by atoms with E-state index in [-0.39, 0.29) is 0 Å². The number of carbonyl (C=O) groups is 1. The van der Waals surface area contributed by atoms with E-state index >= 15 is 0 Å². The second-order valence-corrected chi connectivity index (χ2v) is 3.35. The van der Waals surface area contributed by atoms with Crippen LogP contribution in [0.2, 0.25) is 0 Å². The van der Waals surface area contributed by atoms with Gasteiger partial charge in [-0.25, -0.2) is 4.79 Å². The molecule has 92 valence electrons. The summed E-state index contributed by atoms with van der Waals surface area (Å²) in [5.74, 6) is -0.427. The monoisotopic (exact) mass is 236 g/mol. The van der Waals surface area contributed by atoms with Crippen molar-refractivity contribution in [3.63, 3.8) is 0 Å². The van der Waals surface area contributed by atoms with Gasteiger partial charge in [0.25, 0.3) is 0 Å². The molecule has 0 saturated heterocycles. The van der Waals surface area contributed by atoms with E-state index in [4.69, 9.17) is 14.2 Å². The normalized spacial score (nSPS) is 13.5. The molecular weight excluding hydrogens is 220 g/mol. The molecule has 0 amide bonds. The van der Waals surface area contributed by atoms with Crippen molar-refractivity contribution in [1.82, 2.24) is 0 Å². The van der Waals surface area contributed by atoms with Crippen LogP contribution in [0.15, 0.2) is 43.2 Å². The lowest BCUT2D eigenvalue weighted by atomic mass is 10.2. The van der Waals surface area contributed by atoms with Crippen LogP contribution in [0.5, 0.6) is 0 Å². The lowest BCUT2D eigenvalue weighted by Gasteiger charge is -2.18. The molecule has 0 N–H and O–H groups in total. The Balaban J connectivity index is 2.43. The SMILES string of the molecule is C=COC(C)OC(C)OC(=O)c1ccccc1. The van der Waals surface area contributed by atoms with Gasteiger partial charge in [-0.1, -0.05) is 24.8 Å². The Hall–Kier alpha value is -1.81. The third-order valence-corrected chi connectivity index (χ3v) is 1.95. The molecule has 1 aromatic carbocycles. The number of ether oxygens (including phenoxy) is 3. The maximum atomic E-state index is 11.6. The van der Waals surface area contributed by atoms with Crippen molar-refractivity contribution in [3.8, 4) is 0 Å². The smallest absolute Gasteiger partial charge is 0.340 e. The van der Waals surface area contributed by atoms with Crippen molar-refractivity contribution in [3.05, 3.63) is 48.7 Å². The molecule has 0 radical (unpaired) electrons. The summed E-state index contributed by atoms with van der Waals surface area (Å²) < 4.78 is 15.3. The number of hydrogen-bond acceptors (Lipinski definition) is 4. The van der Waals surface area contributed by atoms with Gasteiger partial charge in [-0.15, -0.1) is 0 Å². The summed E-state index contributed by atoms with van der Waals surface area (Å²) in [4.78, 5) is 11.6. The standard InChI is InChI=1S/C13H16O4/c1-4-15-10(2)16-11(3)17-13(14)12-8-6-5-7-9-12/h4-11H,1H2,2-3H3. The highest BCUT2D eigenvalue weighted by atomic mass is 16.8. The van der Waals surface area contributed by atoms with Crippen molar-refractivity contribution < 1.29 is 19.0 Å². The Morgan fingerprint density at radius 1 is 1.24 bits per heavy atom. The van der Waals surface area contributed by atoms with E-state index in [1.54, 1.807) is 38.1 Å². The summed E-state index contributed by atoms with van der Waals surface area (Å²) >= 11 is 0. The summed E-state index contributed by atoms with van der Waals surface area (Å²) in [5.41, 5.74) is 0.486. The fourth-order valence-corrected chi connectivity index (χ4v) is 1.26. The first-order valence-corrected chi connectivity index (χ1v) is 5.31. The molecule has 1 aromatic rings. The molecule has 1 rings (SSSR count). The first-order chi connectivity index (χ1) is 8.13. The van der Waals surface area contributed by atoms with Crippen LogP contribution in [0, 0.1) is 0 Å². The minimum atomic E-state index is -0.683. The maximum absolute atomic E-state index is 11.6. The third-order valence-electron chi connectivity index (χ3n) is 1.95. The number of rotatable bonds is 6.